The van der Waals surface area contributed by atoms with Crippen LogP contribution in [0.25, 0.3) is 10.9 Å². The van der Waals surface area contributed by atoms with E-state index in [4.69, 9.17) is 5.73 Å². The number of aromatic nitrogens is 1. The van der Waals surface area contributed by atoms with Crippen LogP contribution < -0.4 is 16.0 Å². The zero-order valence-electron chi connectivity index (χ0n) is 18.3. The third-order valence-corrected chi connectivity index (χ3v) is 7.46. The Labute approximate surface area is 194 Å². The monoisotopic (exact) mass is 492 g/mol. The maximum Gasteiger partial charge on any atom is 0.404 e. The van der Waals surface area contributed by atoms with Gasteiger partial charge in [0.1, 0.15) is 11.9 Å². The molecule has 3 N–H and O–H groups in total. The van der Waals surface area contributed by atoms with E-state index in [0.29, 0.717) is 22.3 Å². The Morgan fingerprint density at radius 1 is 1.21 bits per heavy atom. The summed E-state index contributed by atoms with van der Waals surface area (Å²) in [6, 6.07) is 11.3. The quantitative estimate of drug-likeness (QED) is 0.577. The molecular formula is C23H23F3N4O3S. The third kappa shape index (κ3) is 5.00. The lowest BCUT2D eigenvalue weighted by molar-refractivity contribution is -0.153. The highest BCUT2D eigenvalue weighted by Gasteiger charge is 2.38. The van der Waals surface area contributed by atoms with Crippen LogP contribution in [-0.2, 0) is 21.2 Å². The highest BCUT2D eigenvalue weighted by Crippen LogP contribution is 2.31. The smallest absolute Gasteiger partial charge is 0.351 e. The lowest BCUT2D eigenvalue weighted by Gasteiger charge is -2.23. The molecule has 7 nitrogen and oxygen atoms in total. The first-order valence-corrected chi connectivity index (χ1v) is 12.2. The van der Waals surface area contributed by atoms with Crippen LogP contribution in [0.15, 0.2) is 53.4 Å². The van der Waals surface area contributed by atoms with E-state index in [-0.39, 0.29) is 29.4 Å². The second-order valence-electron chi connectivity index (χ2n) is 8.30. The summed E-state index contributed by atoms with van der Waals surface area (Å²) in [5, 5.41) is 3.10. The van der Waals surface area contributed by atoms with Gasteiger partial charge < -0.3 is 16.0 Å². The number of benzene rings is 2. The molecular weight excluding hydrogens is 469 g/mol. The molecule has 1 amide bonds. The molecule has 34 heavy (non-hydrogen) atoms. The van der Waals surface area contributed by atoms with Crippen molar-refractivity contribution in [2.75, 3.05) is 22.5 Å². The first-order valence-electron chi connectivity index (χ1n) is 10.5. The molecule has 0 fully saturated rings. The summed E-state index contributed by atoms with van der Waals surface area (Å²) < 4.78 is 63.9. The summed E-state index contributed by atoms with van der Waals surface area (Å²) in [4.78, 5) is 19.1. The fraction of sp³-hybridized carbons (Fsp3) is 0.304. The van der Waals surface area contributed by atoms with Crippen LogP contribution in [0.4, 0.5) is 24.7 Å². The topological polar surface area (TPSA) is 105 Å². The van der Waals surface area contributed by atoms with Crippen molar-refractivity contribution in [2.45, 2.75) is 37.0 Å². The van der Waals surface area contributed by atoms with Crippen molar-refractivity contribution in [1.29, 1.82) is 0 Å². The Hall–Kier alpha value is -3.18. The van der Waals surface area contributed by atoms with Crippen molar-refractivity contribution in [3.8, 4) is 0 Å². The number of aryl methyl sites for hydroxylation is 1. The van der Waals surface area contributed by atoms with E-state index >= 15 is 0 Å². The zero-order valence-corrected chi connectivity index (χ0v) is 19.1. The summed E-state index contributed by atoms with van der Waals surface area (Å²) >= 11 is 0. The molecule has 3 aromatic rings. The number of carbonyl (C=O) groups excluding carboxylic acids is 1. The molecule has 0 bridgehead atoms. The first kappa shape index (κ1) is 24.0. The van der Waals surface area contributed by atoms with Gasteiger partial charge in [0.05, 0.1) is 28.3 Å². The molecule has 2 aromatic carbocycles. The Morgan fingerprint density at radius 2 is 1.94 bits per heavy atom. The number of fused-ring (bicyclic) bond motifs is 2. The number of hydrogen-bond acceptors (Lipinski definition) is 6. The van der Waals surface area contributed by atoms with Gasteiger partial charge in [0.2, 0.25) is 5.91 Å². The maximum atomic E-state index is 12.8. The number of alkyl halides is 3. The molecule has 0 radical (unpaired) electrons. The number of rotatable bonds is 4. The number of hydrogen-bond donors (Lipinski definition) is 2. The van der Waals surface area contributed by atoms with E-state index in [0.717, 1.165) is 5.56 Å². The highest BCUT2D eigenvalue weighted by molar-refractivity contribution is 7.91. The van der Waals surface area contributed by atoms with Crippen LogP contribution in [0.3, 0.4) is 0 Å². The van der Waals surface area contributed by atoms with Crippen molar-refractivity contribution >= 4 is 38.2 Å². The largest absolute Gasteiger partial charge is 0.404 e. The minimum atomic E-state index is -4.69. The van der Waals surface area contributed by atoms with Crippen LogP contribution >= 0.6 is 0 Å². The summed E-state index contributed by atoms with van der Waals surface area (Å²) in [6.45, 7) is 2.27. The van der Waals surface area contributed by atoms with Crippen molar-refractivity contribution < 1.29 is 26.4 Å². The van der Waals surface area contributed by atoms with Gasteiger partial charge in [0.25, 0.3) is 0 Å². The highest BCUT2D eigenvalue weighted by atomic mass is 32.2. The Balaban J connectivity index is 1.72. The Morgan fingerprint density at radius 3 is 2.68 bits per heavy atom. The van der Waals surface area contributed by atoms with Crippen molar-refractivity contribution in [3.63, 3.8) is 0 Å². The summed E-state index contributed by atoms with van der Waals surface area (Å²) in [5.41, 5.74) is 7.40. The molecule has 0 spiro atoms. The Bertz CT molecular complexity index is 1360. The molecule has 0 saturated heterocycles. The molecule has 11 heteroatoms. The number of pyridine rings is 1. The van der Waals surface area contributed by atoms with Gasteiger partial charge in [-0.15, -0.1) is 0 Å². The minimum absolute atomic E-state index is 0.125. The van der Waals surface area contributed by atoms with Gasteiger partial charge in [0, 0.05) is 24.5 Å². The van der Waals surface area contributed by atoms with Crippen LogP contribution in [0.1, 0.15) is 17.5 Å². The number of anilines is 2. The summed E-state index contributed by atoms with van der Waals surface area (Å²) in [7, 11) is -3.48. The number of halogens is 3. The number of amides is 1. The van der Waals surface area contributed by atoms with E-state index < -0.39 is 34.4 Å². The number of nitrogens with one attached hydrogen (secondary N) is 1. The average Bonchev–Trinajstić information content (AvgIpc) is 2.89. The van der Waals surface area contributed by atoms with Gasteiger partial charge in [-0.1, -0.05) is 29.8 Å². The predicted molar refractivity (Wildman–Crippen MR) is 123 cm³/mol. The minimum Gasteiger partial charge on any atom is -0.351 e. The van der Waals surface area contributed by atoms with Gasteiger partial charge in [-0.05, 0) is 30.7 Å². The van der Waals surface area contributed by atoms with E-state index in [1.165, 1.54) is 0 Å². The normalized spacial score (nSPS) is 16.6. The molecule has 1 aliphatic heterocycles. The summed E-state index contributed by atoms with van der Waals surface area (Å²) in [5.74, 6) is -0.605. The SMILES string of the molecule is Cc1ccc2nc(N3CCS(=O)(=O)c4ccccc4C3)cc(NC(=O)CC(N)C(F)(F)F)c2c1. The fourth-order valence-electron chi connectivity index (χ4n) is 3.87. The molecule has 4 rings (SSSR count). The van der Waals surface area contributed by atoms with E-state index in [1.54, 1.807) is 47.4 Å². The van der Waals surface area contributed by atoms with E-state index in [1.807, 2.05) is 13.0 Å². The fourth-order valence-corrected chi connectivity index (χ4v) is 5.36. The first-order chi connectivity index (χ1) is 15.9. The molecule has 180 valence electrons. The van der Waals surface area contributed by atoms with Crippen molar-refractivity contribution in [3.05, 3.63) is 59.7 Å². The molecule has 1 atom stereocenters. The number of sulfone groups is 1. The lowest BCUT2D eigenvalue weighted by atomic mass is 10.1. The van der Waals surface area contributed by atoms with E-state index in [9.17, 15) is 26.4 Å². The standard InChI is InChI=1S/C23H23F3N4O3S/c1-14-6-7-17-16(10-14)18(29-22(31)12-20(27)23(24,25)26)11-21(28-17)30-8-9-34(32,33)19-5-3-2-4-15(19)13-30/h2-7,10-11,20H,8-9,12-13,27H2,1H3,(H,28,29,31). The van der Waals surface area contributed by atoms with Crippen LogP contribution in [0.5, 0.6) is 0 Å². The van der Waals surface area contributed by atoms with Gasteiger partial charge in [-0.25, -0.2) is 13.4 Å². The van der Waals surface area contributed by atoms with E-state index in [2.05, 4.69) is 10.3 Å². The van der Waals surface area contributed by atoms with Crippen LogP contribution in [0.2, 0.25) is 0 Å². The number of nitrogens with two attached hydrogens (primary N) is 1. The van der Waals surface area contributed by atoms with Crippen molar-refractivity contribution in [2.24, 2.45) is 5.73 Å². The third-order valence-electron chi connectivity index (χ3n) is 5.67. The van der Waals surface area contributed by atoms with Gasteiger partial charge >= 0.3 is 6.18 Å². The molecule has 1 unspecified atom stereocenters. The van der Waals surface area contributed by atoms with Crippen LogP contribution in [0, 0.1) is 6.92 Å². The van der Waals surface area contributed by atoms with Crippen LogP contribution in [-0.4, -0.2) is 43.8 Å². The second-order valence-corrected chi connectivity index (χ2v) is 10.4. The molecule has 2 heterocycles. The summed E-state index contributed by atoms with van der Waals surface area (Å²) in [6.07, 6.45) is -5.62. The molecule has 0 saturated carbocycles. The molecule has 1 aromatic heterocycles. The Kier molecular flexibility index (Phi) is 6.26. The predicted octanol–water partition coefficient (Wildman–Crippen LogP) is 3.56. The second kappa shape index (κ2) is 8.88. The number of carbonyl (C=O) groups is 1. The molecule has 0 aliphatic carbocycles. The van der Waals surface area contributed by atoms with Crippen molar-refractivity contribution in [1.82, 2.24) is 4.98 Å². The van der Waals surface area contributed by atoms with Gasteiger partial charge in [-0.3, -0.25) is 4.79 Å². The maximum absolute atomic E-state index is 12.8. The number of nitrogens with zero attached hydrogens (tertiary/aromatic N) is 2. The van der Waals surface area contributed by atoms with Gasteiger partial charge in [-0.2, -0.15) is 13.2 Å². The lowest BCUT2D eigenvalue weighted by Crippen LogP contribution is -2.40. The average molecular weight is 493 g/mol. The van der Waals surface area contributed by atoms with Gasteiger partial charge in [0.15, 0.2) is 9.84 Å². The molecule has 1 aliphatic rings. The zero-order chi connectivity index (χ0) is 24.7.